The van der Waals surface area contributed by atoms with Crippen molar-refractivity contribution < 1.29 is 18.7 Å². The number of hydrogen-bond donors (Lipinski definition) is 3. The van der Waals surface area contributed by atoms with Crippen LogP contribution in [0.15, 0.2) is 36.4 Å². The lowest BCUT2D eigenvalue weighted by molar-refractivity contribution is -0.147. The number of nitrogens with two attached hydrogens (primary N) is 1. The van der Waals surface area contributed by atoms with Crippen molar-refractivity contribution in [2.45, 2.75) is 25.0 Å². The van der Waals surface area contributed by atoms with Gasteiger partial charge in [0.1, 0.15) is 5.82 Å². The van der Waals surface area contributed by atoms with Gasteiger partial charge in [-0.1, -0.05) is 24.3 Å². The van der Waals surface area contributed by atoms with Gasteiger partial charge in [0.2, 0.25) is 0 Å². The number of nitrogens with one attached hydrogen (secondary N) is 2. The van der Waals surface area contributed by atoms with Crippen molar-refractivity contribution in [2.24, 2.45) is 11.7 Å². The Morgan fingerprint density at radius 2 is 2.06 bits per heavy atom. The van der Waals surface area contributed by atoms with Crippen molar-refractivity contribution in [3.63, 3.8) is 0 Å². The van der Waals surface area contributed by atoms with Gasteiger partial charge in [-0.15, -0.1) is 0 Å². The maximum Gasteiger partial charge on any atom is 0.252 e. The van der Waals surface area contributed by atoms with Crippen LogP contribution in [0.2, 0.25) is 0 Å². The Bertz CT molecular complexity index is 1070. The molecule has 1 unspecified atom stereocenters. The molecule has 2 aliphatic heterocycles. The molecule has 1 saturated heterocycles. The SMILES string of the molecule is N#C[C@H](Cc1ccc(-c2ccc3c(c2)C(=O)NC3)cc1F)C1(C(N)=O)CNCCCO1. The van der Waals surface area contributed by atoms with Crippen LogP contribution in [0, 0.1) is 23.1 Å². The molecule has 2 amide bonds. The lowest BCUT2D eigenvalue weighted by atomic mass is 9.82. The van der Waals surface area contributed by atoms with Gasteiger partial charge in [0.25, 0.3) is 11.8 Å². The number of amides is 2. The molecule has 0 radical (unpaired) electrons. The molecule has 2 aliphatic rings. The number of fused-ring (bicyclic) bond motifs is 1. The van der Waals surface area contributed by atoms with Crippen molar-refractivity contribution in [3.8, 4) is 17.2 Å². The van der Waals surface area contributed by atoms with E-state index in [1.165, 1.54) is 6.07 Å². The van der Waals surface area contributed by atoms with E-state index in [1.807, 2.05) is 12.1 Å². The first-order valence-corrected chi connectivity index (χ1v) is 10.2. The monoisotopic (exact) mass is 422 g/mol. The molecule has 2 heterocycles. The molecule has 1 fully saturated rings. The largest absolute Gasteiger partial charge is 0.367 e. The molecule has 0 bridgehead atoms. The first kappa shape index (κ1) is 21.0. The standard InChI is InChI=1S/C23H23FN4O3/c24-20-10-15(14-3-5-17-12-28-21(29)19(17)9-14)2-4-16(20)8-18(11-25)23(22(26)30)13-27-6-1-7-31-23/h2-5,9-10,18,27H,1,6-8,12-13H2,(H2,26,30)(H,28,29)/t18-,23?/m0/s1. The second kappa shape index (κ2) is 8.46. The molecule has 2 aromatic rings. The fourth-order valence-corrected chi connectivity index (χ4v) is 4.15. The minimum atomic E-state index is -1.51. The number of nitrogens with zero attached hydrogens (tertiary/aromatic N) is 1. The topological polar surface area (TPSA) is 117 Å². The van der Waals surface area contributed by atoms with E-state index < -0.39 is 23.2 Å². The molecule has 2 aromatic carbocycles. The summed E-state index contributed by atoms with van der Waals surface area (Å²) in [6.07, 6.45) is 0.675. The van der Waals surface area contributed by atoms with E-state index in [1.54, 1.807) is 18.2 Å². The number of carbonyl (C=O) groups excluding carboxylic acids is 2. The Balaban J connectivity index is 1.61. The minimum absolute atomic E-state index is 0.0141. The smallest absolute Gasteiger partial charge is 0.252 e. The highest BCUT2D eigenvalue weighted by atomic mass is 19.1. The summed E-state index contributed by atoms with van der Waals surface area (Å²) in [4.78, 5) is 24.2. The first-order chi connectivity index (χ1) is 14.9. The van der Waals surface area contributed by atoms with Crippen LogP contribution in [-0.4, -0.2) is 37.1 Å². The summed E-state index contributed by atoms with van der Waals surface area (Å²) in [5.74, 6) is -2.31. The summed E-state index contributed by atoms with van der Waals surface area (Å²) >= 11 is 0. The number of hydrogen-bond acceptors (Lipinski definition) is 5. The van der Waals surface area contributed by atoms with E-state index >= 15 is 0 Å². The van der Waals surface area contributed by atoms with Crippen molar-refractivity contribution in [3.05, 3.63) is 58.9 Å². The van der Waals surface area contributed by atoms with Gasteiger partial charge in [-0.2, -0.15) is 5.26 Å². The molecular weight excluding hydrogens is 399 g/mol. The van der Waals surface area contributed by atoms with Crippen LogP contribution < -0.4 is 16.4 Å². The van der Waals surface area contributed by atoms with Crippen LogP contribution in [0.4, 0.5) is 4.39 Å². The molecule has 8 heteroatoms. The molecular formula is C23H23FN4O3. The highest BCUT2D eigenvalue weighted by molar-refractivity contribution is 5.99. The normalized spacial score (nSPS) is 21.5. The third-order valence-corrected chi connectivity index (χ3v) is 5.99. The third kappa shape index (κ3) is 3.90. The van der Waals surface area contributed by atoms with E-state index in [0.29, 0.717) is 42.8 Å². The summed E-state index contributed by atoms with van der Waals surface area (Å²) in [6, 6.07) is 12.3. The maximum absolute atomic E-state index is 15.0. The van der Waals surface area contributed by atoms with Crippen molar-refractivity contribution in [1.82, 2.24) is 10.6 Å². The highest BCUT2D eigenvalue weighted by Gasteiger charge is 2.46. The Labute approximate surface area is 179 Å². The molecule has 2 atom stereocenters. The van der Waals surface area contributed by atoms with Crippen molar-refractivity contribution in [1.29, 1.82) is 5.26 Å². The van der Waals surface area contributed by atoms with Crippen LogP contribution in [-0.2, 0) is 22.5 Å². The van der Waals surface area contributed by atoms with Gasteiger partial charge < -0.3 is 21.1 Å². The zero-order chi connectivity index (χ0) is 22.0. The van der Waals surface area contributed by atoms with Gasteiger partial charge in [-0.3, -0.25) is 9.59 Å². The van der Waals surface area contributed by atoms with Crippen molar-refractivity contribution >= 4 is 11.8 Å². The van der Waals surface area contributed by atoms with Crippen LogP contribution in [0.25, 0.3) is 11.1 Å². The molecule has 4 rings (SSSR count). The summed E-state index contributed by atoms with van der Waals surface area (Å²) in [6.45, 7) is 1.55. The lowest BCUT2D eigenvalue weighted by Gasteiger charge is -2.33. The van der Waals surface area contributed by atoms with E-state index in [4.69, 9.17) is 10.5 Å². The molecule has 0 aromatic heterocycles. The van der Waals surface area contributed by atoms with E-state index in [9.17, 15) is 19.2 Å². The van der Waals surface area contributed by atoms with E-state index in [-0.39, 0.29) is 18.9 Å². The zero-order valence-corrected chi connectivity index (χ0v) is 16.9. The number of ether oxygens (including phenoxy) is 1. The molecule has 160 valence electrons. The Morgan fingerprint density at radius 1 is 1.29 bits per heavy atom. The number of primary amides is 1. The summed E-state index contributed by atoms with van der Waals surface area (Å²) in [5.41, 5.74) is 7.25. The van der Waals surface area contributed by atoms with E-state index in [2.05, 4.69) is 16.7 Å². The second-order valence-electron chi connectivity index (χ2n) is 7.88. The van der Waals surface area contributed by atoms with Gasteiger partial charge in [0.05, 0.1) is 12.0 Å². The Hall–Kier alpha value is -3.28. The minimum Gasteiger partial charge on any atom is -0.367 e. The average Bonchev–Trinajstić information content (AvgIpc) is 2.97. The lowest BCUT2D eigenvalue weighted by Crippen LogP contribution is -2.57. The summed E-state index contributed by atoms with van der Waals surface area (Å²) < 4.78 is 20.7. The summed E-state index contributed by atoms with van der Waals surface area (Å²) in [5, 5.41) is 15.6. The van der Waals surface area contributed by atoms with Crippen LogP contribution in [0.5, 0.6) is 0 Å². The van der Waals surface area contributed by atoms with Gasteiger partial charge in [0, 0.05) is 25.3 Å². The number of rotatable bonds is 5. The fraction of sp³-hybridized carbons (Fsp3) is 0.348. The zero-order valence-electron chi connectivity index (χ0n) is 16.9. The average molecular weight is 422 g/mol. The number of benzene rings is 2. The molecule has 0 saturated carbocycles. The van der Waals surface area contributed by atoms with Crippen LogP contribution in [0.3, 0.4) is 0 Å². The van der Waals surface area contributed by atoms with Crippen molar-refractivity contribution in [2.75, 3.05) is 19.7 Å². The predicted octanol–water partition coefficient (Wildman–Crippen LogP) is 1.65. The highest BCUT2D eigenvalue weighted by Crippen LogP contribution is 2.30. The summed E-state index contributed by atoms with van der Waals surface area (Å²) in [7, 11) is 0. The second-order valence-corrected chi connectivity index (χ2v) is 7.88. The number of halogens is 1. The predicted molar refractivity (Wildman–Crippen MR) is 111 cm³/mol. The maximum atomic E-state index is 15.0. The first-order valence-electron chi connectivity index (χ1n) is 10.2. The Kier molecular flexibility index (Phi) is 5.72. The molecule has 0 spiro atoms. The molecule has 31 heavy (non-hydrogen) atoms. The fourth-order valence-electron chi connectivity index (χ4n) is 4.15. The molecule has 7 nitrogen and oxygen atoms in total. The third-order valence-electron chi connectivity index (χ3n) is 5.99. The van der Waals surface area contributed by atoms with Gasteiger partial charge in [0.15, 0.2) is 5.60 Å². The van der Waals surface area contributed by atoms with Crippen LogP contribution >= 0.6 is 0 Å². The van der Waals surface area contributed by atoms with Gasteiger partial charge >= 0.3 is 0 Å². The molecule has 4 N–H and O–H groups in total. The number of nitriles is 1. The van der Waals surface area contributed by atoms with Crippen LogP contribution in [0.1, 0.15) is 27.9 Å². The molecule has 0 aliphatic carbocycles. The van der Waals surface area contributed by atoms with Gasteiger partial charge in [-0.05, 0) is 53.8 Å². The van der Waals surface area contributed by atoms with E-state index in [0.717, 1.165) is 11.1 Å². The Morgan fingerprint density at radius 3 is 2.81 bits per heavy atom. The quantitative estimate of drug-likeness (QED) is 0.677. The van der Waals surface area contributed by atoms with Gasteiger partial charge in [-0.25, -0.2) is 4.39 Å². The number of carbonyl (C=O) groups is 2.